The summed E-state index contributed by atoms with van der Waals surface area (Å²) in [7, 11) is 0. The zero-order valence-corrected chi connectivity index (χ0v) is 10.2. The van der Waals surface area contributed by atoms with Crippen LogP contribution >= 0.6 is 11.8 Å². The molecule has 0 atom stereocenters. The van der Waals surface area contributed by atoms with Crippen LogP contribution in [-0.4, -0.2) is 19.6 Å². The summed E-state index contributed by atoms with van der Waals surface area (Å²) in [6.45, 7) is 0. The second kappa shape index (κ2) is 4.47. The Bertz CT molecular complexity index is 758. The first kappa shape index (κ1) is 11.8. The van der Waals surface area contributed by atoms with Crippen molar-refractivity contribution in [2.75, 3.05) is 5.73 Å². The molecule has 3 heterocycles. The fraction of sp³-hybridized carbons (Fsp3) is 0. The third-order valence-corrected chi connectivity index (χ3v) is 3.34. The zero-order chi connectivity index (χ0) is 13.4. The van der Waals surface area contributed by atoms with E-state index in [9.17, 15) is 8.78 Å². The lowest BCUT2D eigenvalue weighted by Gasteiger charge is -2.03. The first-order chi connectivity index (χ1) is 9.15. The van der Waals surface area contributed by atoms with E-state index in [1.807, 2.05) is 6.07 Å². The van der Waals surface area contributed by atoms with E-state index < -0.39 is 11.6 Å². The average Bonchev–Trinajstić information content (AvgIpc) is 2.80. The highest BCUT2D eigenvalue weighted by Gasteiger charge is 2.14. The molecule has 0 unspecified atom stereocenters. The molecular weight excluding hydrogens is 272 g/mol. The van der Waals surface area contributed by atoms with Crippen molar-refractivity contribution in [1.82, 2.24) is 19.6 Å². The van der Waals surface area contributed by atoms with Crippen LogP contribution in [0, 0.1) is 11.6 Å². The number of nitrogens with zero attached hydrogens (tertiary/aromatic N) is 4. The summed E-state index contributed by atoms with van der Waals surface area (Å²) < 4.78 is 28.3. The number of aromatic nitrogens is 4. The van der Waals surface area contributed by atoms with Crippen LogP contribution in [0.25, 0.3) is 5.65 Å². The summed E-state index contributed by atoms with van der Waals surface area (Å²) in [5.74, 6) is -2.02. The fourth-order valence-corrected chi connectivity index (χ4v) is 2.32. The molecule has 2 N–H and O–H groups in total. The molecule has 0 saturated carbocycles. The summed E-state index contributed by atoms with van der Waals surface area (Å²) in [6.07, 6.45) is 1.74. The summed E-state index contributed by atoms with van der Waals surface area (Å²) in [6, 6.07) is 6.07. The SMILES string of the molecule is Nc1nc(Sc2nnc3ccccn23)c(F)cc1F. The topological polar surface area (TPSA) is 69.1 Å². The van der Waals surface area contributed by atoms with Gasteiger partial charge in [0.1, 0.15) is 5.03 Å². The number of anilines is 1. The average molecular weight is 279 g/mol. The minimum Gasteiger partial charge on any atom is -0.381 e. The van der Waals surface area contributed by atoms with Gasteiger partial charge in [0.15, 0.2) is 23.1 Å². The lowest BCUT2D eigenvalue weighted by molar-refractivity contribution is 0.552. The van der Waals surface area contributed by atoms with Crippen LogP contribution in [0.2, 0.25) is 0 Å². The summed E-state index contributed by atoms with van der Waals surface area (Å²) in [5.41, 5.74) is 5.95. The van der Waals surface area contributed by atoms with Crippen LogP contribution < -0.4 is 5.73 Å². The van der Waals surface area contributed by atoms with Gasteiger partial charge in [-0.2, -0.15) is 0 Å². The van der Waals surface area contributed by atoms with E-state index in [0.29, 0.717) is 16.9 Å². The van der Waals surface area contributed by atoms with Gasteiger partial charge in [-0.05, 0) is 23.9 Å². The van der Waals surface area contributed by atoms with Crippen molar-refractivity contribution >= 4 is 23.2 Å². The number of nitrogens with two attached hydrogens (primary N) is 1. The van der Waals surface area contributed by atoms with Gasteiger partial charge < -0.3 is 5.73 Å². The van der Waals surface area contributed by atoms with Gasteiger partial charge >= 0.3 is 0 Å². The van der Waals surface area contributed by atoms with Gasteiger partial charge in [-0.1, -0.05) is 6.07 Å². The maximum Gasteiger partial charge on any atom is 0.202 e. The number of halogens is 2. The molecule has 0 radical (unpaired) electrons. The van der Waals surface area contributed by atoms with Crippen LogP contribution in [0.3, 0.4) is 0 Å². The number of fused-ring (bicyclic) bond motifs is 1. The third kappa shape index (κ3) is 2.10. The Kier molecular flexibility index (Phi) is 2.79. The molecule has 0 aromatic carbocycles. The molecule has 0 aliphatic carbocycles. The Balaban J connectivity index is 2.04. The summed E-state index contributed by atoms with van der Waals surface area (Å²) in [4.78, 5) is 3.66. The normalized spacial score (nSPS) is 11.1. The second-order valence-electron chi connectivity index (χ2n) is 3.66. The largest absolute Gasteiger partial charge is 0.381 e. The maximum atomic E-state index is 13.6. The van der Waals surface area contributed by atoms with E-state index in [2.05, 4.69) is 15.2 Å². The highest BCUT2D eigenvalue weighted by molar-refractivity contribution is 7.99. The number of pyridine rings is 2. The van der Waals surface area contributed by atoms with Gasteiger partial charge in [-0.3, -0.25) is 4.40 Å². The van der Waals surface area contributed by atoms with E-state index in [1.165, 1.54) is 0 Å². The van der Waals surface area contributed by atoms with Crippen molar-refractivity contribution in [1.29, 1.82) is 0 Å². The predicted octanol–water partition coefficient (Wildman–Crippen LogP) is 2.14. The molecule has 0 saturated heterocycles. The first-order valence-corrected chi connectivity index (χ1v) is 6.06. The molecule has 96 valence electrons. The smallest absolute Gasteiger partial charge is 0.202 e. The number of hydrogen-bond acceptors (Lipinski definition) is 5. The van der Waals surface area contributed by atoms with Gasteiger partial charge in [0.25, 0.3) is 0 Å². The van der Waals surface area contributed by atoms with Gasteiger partial charge in [-0.15, -0.1) is 10.2 Å². The molecule has 0 amide bonds. The number of rotatable bonds is 2. The van der Waals surface area contributed by atoms with E-state index in [0.717, 1.165) is 11.8 Å². The van der Waals surface area contributed by atoms with E-state index >= 15 is 0 Å². The van der Waals surface area contributed by atoms with E-state index in [4.69, 9.17) is 5.73 Å². The lowest BCUT2D eigenvalue weighted by atomic mass is 10.4. The number of nitrogen functional groups attached to an aromatic ring is 1. The molecule has 0 bridgehead atoms. The number of hydrogen-bond donors (Lipinski definition) is 1. The molecule has 3 aromatic heterocycles. The molecule has 0 aliphatic heterocycles. The molecule has 19 heavy (non-hydrogen) atoms. The molecule has 0 fully saturated rings. The van der Waals surface area contributed by atoms with E-state index in [-0.39, 0.29) is 10.8 Å². The Hall–Kier alpha value is -2.22. The van der Waals surface area contributed by atoms with Gasteiger partial charge in [0, 0.05) is 12.3 Å². The van der Waals surface area contributed by atoms with Crippen LogP contribution in [0.5, 0.6) is 0 Å². The van der Waals surface area contributed by atoms with Crippen molar-refractivity contribution in [3.8, 4) is 0 Å². The quantitative estimate of drug-likeness (QED) is 0.778. The Morgan fingerprint density at radius 2 is 2.00 bits per heavy atom. The predicted molar refractivity (Wildman–Crippen MR) is 65.7 cm³/mol. The first-order valence-electron chi connectivity index (χ1n) is 5.24. The molecule has 0 spiro atoms. The minimum atomic E-state index is -0.882. The molecule has 3 rings (SSSR count). The molecule has 3 aromatic rings. The maximum absolute atomic E-state index is 13.6. The summed E-state index contributed by atoms with van der Waals surface area (Å²) in [5, 5.41) is 8.22. The van der Waals surface area contributed by atoms with Crippen molar-refractivity contribution < 1.29 is 8.78 Å². The minimum absolute atomic E-state index is 0.0444. The van der Waals surface area contributed by atoms with Gasteiger partial charge in [0.05, 0.1) is 0 Å². The molecule has 8 heteroatoms. The second-order valence-corrected chi connectivity index (χ2v) is 4.61. The van der Waals surface area contributed by atoms with Crippen molar-refractivity contribution in [3.63, 3.8) is 0 Å². The Morgan fingerprint density at radius 1 is 1.16 bits per heavy atom. The van der Waals surface area contributed by atoms with Crippen molar-refractivity contribution in [2.45, 2.75) is 10.2 Å². The van der Waals surface area contributed by atoms with Crippen molar-refractivity contribution in [3.05, 3.63) is 42.1 Å². The molecular formula is C11H7F2N5S. The highest BCUT2D eigenvalue weighted by atomic mass is 32.2. The van der Waals surface area contributed by atoms with Crippen LogP contribution in [0.15, 0.2) is 40.6 Å². The third-order valence-electron chi connectivity index (χ3n) is 2.39. The van der Waals surface area contributed by atoms with Crippen LogP contribution in [0.1, 0.15) is 0 Å². The standard InChI is InChI=1S/C11H7F2N5S/c12-6-5-7(13)10(15-9(6)14)19-11-17-16-8-3-1-2-4-18(8)11/h1-5H,(H2,14,15). The Morgan fingerprint density at radius 3 is 2.84 bits per heavy atom. The van der Waals surface area contributed by atoms with Gasteiger partial charge in [0.2, 0.25) is 5.16 Å². The van der Waals surface area contributed by atoms with E-state index in [1.54, 1.807) is 22.7 Å². The monoisotopic (exact) mass is 279 g/mol. The van der Waals surface area contributed by atoms with Crippen molar-refractivity contribution in [2.24, 2.45) is 0 Å². The molecule has 0 aliphatic rings. The zero-order valence-electron chi connectivity index (χ0n) is 9.42. The summed E-state index contributed by atoms with van der Waals surface area (Å²) >= 11 is 0.930. The lowest BCUT2D eigenvalue weighted by Crippen LogP contribution is -1.99. The molecule has 5 nitrogen and oxygen atoms in total. The Labute approximate surface area is 110 Å². The van der Waals surface area contributed by atoms with Crippen LogP contribution in [0.4, 0.5) is 14.6 Å². The highest BCUT2D eigenvalue weighted by Crippen LogP contribution is 2.28. The van der Waals surface area contributed by atoms with Crippen LogP contribution in [-0.2, 0) is 0 Å². The van der Waals surface area contributed by atoms with Gasteiger partial charge in [-0.25, -0.2) is 13.8 Å². The fourth-order valence-electron chi connectivity index (χ4n) is 1.51.